The predicted molar refractivity (Wildman–Crippen MR) is 87.7 cm³/mol. The molecule has 0 aromatic heterocycles. The standard InChI is InChI=1S/C17H26N2.ClH/c1-2-4-16(5-3-1)17-8-12-19(13-9-17)14-15-6-10-18-11-7-15;/h1-5,15,17-18H,6-14H2;1H. The highest BCUT2D eigenvalue weighted by atomic mass is 35.5. The lowest BCUT2D eigenvalue weighted by atomic mass is 9.88. The zero-order chi connectivity index (χ0) is 12.9. The summed E-state index contributed by atoms with van der Waals surface area (Å²) < 4.78 is 0. The van der Waals surface area contributed by atoms with Crippen molar-refractivity contribution < 1.29 is 0 Å². The van der Waals surface area contributed by atoms with Crippen molar-refractivity contribution in [1.82, 2.24) is 10.2 Å². The molecule has 2 aliphatic rings. The van der Waals surface area contributed by atoms with E-state index in [1.165, 1.54) is 58.4 Å². The summed E-state index contributed by atoms with van der Waals surface area (Å²) in [7, 11) is 0. The molecular weight excluding hydrogens is 268 g/mol. The summed E-state index contributed by atoms with van der Waals surface area (Å²) in [6, 6.07) is 11.1. The monoisotopic (exact) mass is 294 g/mol. The SMILES string of the molecule is Cl.c1ccc(C2CCN(CC3CCNCC3)CC2)cc1. The molecule has 3 heteroatoms. The smallest absolute Gasteiger partial charge is 0.00106 e. The maximum Gasteiger partial charge on any atom is 0.00106 e. The highest BCUT2D eigenvalue weighted by Crippen LogP contribution is 2.28. The Labute approximate surface area is 129 Å². The third-order valence-corrected chi connectivity index (χ3v) is 4.83. The van der Waals surface area contributed by atoms with E-state index in [-0.39, 0.29) is 12.4 Å². The lowest BCUT2D eigenvalue weighted by Gasteiger charge is -2.35. The molecule has 0 spiro atoms. The normalized spacial score (nSPS) is 22.4. The summed E-state index contributed by atoms with van der Waals surface area (Å²) in [5.41, 5.74) is 1.55. The van der Waals surface area contributed by atoms with Crippen molar-refractivity contribution in [3.63, 3.8) is 0 Å². The van der Waals surface area contributed by atoms with Gasteiger partial charge in [0, 0.05) is 6.54 Å². The summed E-state index contributed by atoms with van der Waals surface area (Å²) in [6.07, 6.45) is 5.43. The van der Waals surface area contributed by atoms with E-state index in [2.05, 4.69) is 40.5 Å². The molecule has 3 rings (SSSR count). The van der Waals surface area contributed by atoms with Gasteiger partial charge in [0.2, 0.25) is 0 Å². The summed E-state index contributed by atoms with van der Waals surface area (Å²) in [5.74, 6) is 1.74. The minimum absolute atomic E-state index is 0. The molecule has 1 aromatic rings. The van der Waals surface area contributed by atoms with E-state index in [4.69, 9.17) is 0 Å². The van der Waals surface area contributed by atoms with Crippen molar-refractivity contribution in [3.8, 4) is 0 Å². The van der Waals surface area contributed by atoms with Crippen LogP contribution in [0.25, 0.3) is 0 Å². The highest BCUT2D eigenvalue weighted by Gasteiger charge is 2.23. The van der Waals surface area contributed by atoms with Gasteiger partial charge >= 0.3 is 0 Å². The van der Waals surface area contributed by atoms with Gasteiger partial charge < -0.3 is 10.2 Å². The van der Waals surface area contributed by atoms with E-state index in [1.807, 2.05) is 0 Å². The second-order valence-corrected chi connectivity index (χ2v) is 6.18. The molecule has 0 unspecified atom stereocenters. The van der Waals surface area contributed by atoms with Gasteiger partial charge in [-0.05, 0) is 69.3 Å². The first-order valence-corrected chi connectivity index (χ1v) is 7.90. The Hall–Kier alpha value is -0.570. The van der Waals surface area contributed by atoms with Crippen molar-refractivity contribution in [2.45, 2.75) is 31.6 Å². The zero-order valence-electron chi connectivity index (χ0n) is 12.3. The molecule has 0 aliphatic carbocycles. The summed E-state index contributed by atoms with van der Waals surface area (Å²) in [6.45, 7) is 6.38. The van der Waals surface area contributed by atoms with Crippen molar-refractivity contribution in [2.24, 2.45) is 5.92 Å². The minimum Gasteiger partial charge on any atom is -0.317 e. The van der Waals surface area contributed by atoms with E-state index < -0.39 is 0 Å². The largest absolute Gasteiger partial charge is 0.317 e. The average molecular weight is 295 g/mol. The fourth-order valence-electron chi connectivity index (χ4n) is 3.60. The van der Waals surface area contributed by atoms with Gasteiger partial charge in [0.05, 0.1) is 0 Å². The number of piperidine rings is 2. The number of rotatable bonds is 3. The fourth-order valence-corrected chi connectivity index (χ4v) is 3.60. The van der Waals surface area contributed by atoms with E-state index in [1.54, 1.807) is 5.56 Å². The minimum atomic E-state index is 0. The number of hydrogen-bond donors (Lipinski definition) is 1. The molecule has 1 aromatic carbocycles. The van der Waals surface area contributed by atoms with Crippen LogP contribution in [0, 0.1) is 5.92 Å². The van der Waals surface area contributed by atoms with Gasteiger partial charge in [-0.2, -0.15) is 0 Å². The van der Waals surface area contributed by atoms with Crippen molar-refractivity contribution in [3.05, 3.63) is 35.9 Å². The Balaban J connectivity index is 0.00000147. The maximum absolute atomic E-state index is 3.46. The Bertz CT molecular complexity index is 368. The van der Waals surface area contributed by atoms with Crippen LogP contribution in [-0.4, -0.2) is 37.6 Å². The number of benzene rings is 1. The third-order valence-electron chi connectivity index (χ3n) is 4.83. The number of halogens is 1. The summed E-state index contributed by atoms with van der Waals surface area (Å²) >= 11 is 0. The molecule has 2 nitrogen and oxygen atoms in total. The van der Waals surface area contributed by atoms with Gasteiger partial charge in [-0.3, -0.25) is 0 Å². The van der Waals surface area contributed by atoms with E-state index in [0.717, 1.165) is 11.8 Å². The van der Waals surface area contributed by atoms with Crippen molar-refractivity contribution in [1.29, 1.82) is 0 Å². The molecule has 0 atom stereocenters. The first-order chi connectivity index (χ1) is 9.42. The number of nitrogens with zero attached hydrogens (tertiary/aromatic N) is 1. The van der Waals surface area contributed by atoms with E-state index in [9.17, 15) is 0 Å². The number of hydrogen-bond acceptors (Lipinski definition) is 2. The van der Waals surface area contributed by atoms with Gasteiger partial charge in [0.15, 0.2) is 0 Å². The second-order valence-electron chi connectivity index (χ2n) is 6.18. The summed E-state index contributed by atoms with van der Waals surface area (Å²) in [5, 5.41) is 3.46. The second kappa shape index (κ2) is 8.02. The van der Waals surface area contributed by atoms with Crippen LogP contribution in [0.1, 0.15) is 37.2 Å². The molecule has 1 N–H and O–H groups in total. The van der Waals surface area contributed by atoms with Crippen LogP contribution in [0.3, 0.4) is 0 Å². The molecule has 0 saturated carbocycles. The Morgan fingerprint density at radius 2 is 1.60 bits per heavy atom. The lowest BCUT2D eigenvalue weighted by Crippen LogP contribution is -2.39. The van der Waals surface area contributed by atoms with Crippen LogP contribution in [0.2, 0.25) is 0 Å². The first-order valence-electron chi connectivity index (χ1n) is 7.90. The molecule has 2 fully saturated rings. The molecule has 0 amide bonds. The van der Waals surface area contributed by atoms with Crippen LogP contribution < -0.4 is 5.32 Å². The molecular formula is C17H27ClN2. The first kappa shape index (κ1) is 15.8. The van der Waals surface area contributed by atoms with E-state index >= 15 is 0 Å². The molecule has 0 bridgehead atoms. The molecule has 2 aliphatic heterocycles. The van der Waals surface area contributed by atoms with Crippen LogP contribution in [0.5, 0.6) is 0 Å². The van der Waals surface area contributed by atoms with Crippen LogP contribution in [-0.2, 0) is 0 Å². The van der Waals surface area contributed by atoms with Gasteiger partial charge in [0.1, 0.15) is 0 Å². The van der Waals surface area contributed by atoms with Gasteiger partial charge in [-0.25, -0.2) is 0 Å². The lowest BCUT2D eigenvalue weighted by molar-refractivity contribution is 0.167. The van der Waals surface area contributed by atoms with Crippen LogP contribution in [0.15, 0.2) is 30.3 Å². The van der Waals surface area contributed by atoms with E-state index in [0.29, 0.717) is 0 Å². The van der Waals surface area contributed by atoms with Crippen molar-refractivity contribution >= 4 is 12.4 Å². The Morgan fingerprint density at radius 3 is 2.25 bits per heavy atom. The highest BCUT2D eigenvalue weighted by molar-refractivity contribution is 5.85. The average Bonchev–Trinajstić information content (AvgIpc) is 2.50. The fraction of sp³-hybridized carbons (Fsp3) is 0.647. The topological polar surface area (TPSA) is 15.3 Å². The van der Waals surface area contributed by atoms with Gasteiger partial charge in [-0.1, -0.05) is 30.3 Å². The van der Waals surface area contributed by atoms with Crippen LogP contribution in [0.4, 0.5) is 0 Å². The predicted octanol–water partition coefficient (Wildman–Crippen LogP) is 3.29. The van der Waals surface area contributed by atoms with Gasteiger partial charge in [0.25, 0.3) is 0 Å². The zero-order valence-corrected chi connectivity index (χ0v) is 13.1. The summed E-state index contributed by atoms with van der Waals surface area (Å²) in [4.78, 5) is 2.70. The molecule has 20 heavy (non-hydrogen) atoms. The molecule has 2 saturated heterocycles. The van der Waals surface area contributed by atoms with Crippen molar-refractivity contribution in [2.75, 3.05) is 32.7 Å². The quantitative estimate of drug-likeness (QED) is 0.920. The van der Waals surface area contributed by atoms with Crippen LogP contribution >= 0.6 is 12.4 Å². The Morgan fingerprint density at radius 1 is 0.950 bits per heavy atom. The number of nitrogens with one attached hydrogen (secondary N) is 1. The molecule has 2 heterocycles. The number of likely N-dealkylation sites (tertiary alicyclic amines) is 1. The third kappa shape index (κ3) is 4.21. The maximum atomic E-state index is 3.46. The molecule has 0 radical (unpaired) electrons. The molecule has 112 valence electrons. The van der Waals surface area contributed by atoms with Gasteiger partial charge in [-0.15, -0.1) is 12.4 Å². The Kier molecular flexibility index (Phi) is 6.34.